The molecule has 2 N–H and O–H groups in total. The molecule has 0 atom stereocenters. The van der Waals surface area contributed by atoms with Crippen molar-refractivity contribution in [2.24, 2.45) is 0 Å². The number of benzene rings is 1. The minimum Gasteiger partial charge on any atom is -0.388 e. The molecule has 0 saturated heterocycles. The Balaban J connectivity index is 3.00. The fourth-order valence-electron chi connectivity index (χ4n) is 1.43. The predicted octanol–water partition coefficient (Wildman–Crippen LogP) is 1.90. The summed E-state index contributed by atoms with van der Waals surface area (Å²) in [7, 11) is -0.412. The number of nitrogens with zero attached hydrogens (tertiary/aromatic N) is 1. The molecule has 0 aliphatic heterocycles. The van der Waals surface area contributed by atoms with E-state index in [2.05, 4.69) is 5.32 Å². The number of nitrogens with one attached hydrogen (secondary N) is 1. The van der Waals surface area contributed by atoms with Crippen LogP contribution in [0.3, 0.4) is 0 Å². The fraction of sp³-hybridized carbons (Fsp3) is 0.571. The summed E-state index contributed by atoms with van der Waals surface area (Å²) in [6.45, 7) is 7.23. The topological polar surface area (TPSA) is 69.6 Å². The van der Waals surface area contributed by atoms with Gasteiger partial charge in [0.1, 0.15) is 0 Å². The van der Waals surface area contributed by atoms with Crippen LogP contribution >= 0.6 is 0 Å². The van der Waals surface area contributed by atoms with Crippen LogP contribution in [0, 0.1) is 0 Å². The maximum atomic E-state index is 12.0. The Morgan fingerprint density at radius 2 is 1.50 bits per heavy atom. The van der Waals surface area contributed by atoms with E-state index < -0.39 is 21.2 Å². The van der Waals surface area contributed by atoms with E-state index >= 15 is 0 Å². The number of aliphatic hydroxyl groups is 1. The predicted molar refractivity (Wildman–Crippen MR) is 81.3 cm³/mol. The Morgan fingerprint density at radius 1 is 1.05 bits per heavy atom. The van der Waals surface area contributed by atoms with Gasteiger partial charge in [-0.3, -0.25) is 0 Å². The first-order chi connectivity index (χ1) is 8.88. The Bertz CT molecular complexity index is 555. The zero-order chi connectivity index (χ0) is 15.8. The first-order valence-corrected chi connectivity index (χ1v) is 7.85. The van der Waals surface area contributed by atoms with E-state index in [1.807, 2.05) is 13.8 Å². The summed E-state index contributed by atoms with van der Waals surface area (Å²) >= 11 is 0. The molecule has 0 fully saturated rings. The molecule has 0 bridgehead atoms. The molecular formula is C14H24N2O3S. The van der Waals surface area contributed by atoms with Crippen LogP contribution in [0.4, 0.5) is 5.69 Å². The van der Waals surface area contributed by atoms with E-state index in [1.54, 1.807) is 38.1 Å². The lowest BCUT2D eigenvalue weighted by Crippen LogP contribution is -2.51. The van der Waals surface area contributed by atoms with Gasteiger partial charge in [-0.2, -0.15) is 0 Å². The third-order valence-electron chi connectivity index (χ3n) is 3.62. The summed E-state index contributed by atoms with van der Waals surface area (Å²) in [5.41, 5.74) is -0.703. The number of rotatable bonds is 5. The van der Waals surface area contributed by atoms with Gasteiger partial charge in [0, 0.05) is 19.8 Å². The average Bonchev–Trinajstić information content (AvgIpc) is 2.27. The molecule has 114 valence electrons. The van der Waals surface area contributed by atoms with Gasteiger partial charge in [0.25, 0.3) is 0 Å². The van der Waals surface area contributed by atoms with Crippen molar-refractivity contribution in [2.75, 3.05) is 19.4 Å². The van der Waals surface area contributed by atoms with Crippen LogP contribution in [-0.2, 0) is 10.0 Å². The highest BCUT2D eigenvalue weighted by molar-refractivity contribution is 7.89. The SMILES string of the molecule is CN(C)S(=O)(=O)c1ccc(NC(C)(C)C(C)(C)O)cc1. The lowest BCUT2D eigenvalue weighted by atomic mass is 9.86. The normalized spacial score (nSPS) is 13.6. The van der Waals surface area contributed by atoms with Crippen LogP contribution in [0.25, 0.3) is 0 Å². The van der Waals surface area contributed by atoms with Gasteiger partial charge in [0.15, 0.2) is 0 Å². The van der Waals surface area contributed by atoms with E-state index in [0.29, 0.717) is 0 Å². The molecule has 1 aromatic rings. The number of hydrogen-bond acceptors (Lipinski definition) is 4. The van der Waals surface area contributed by atoms with Gasteiger partial charge in [-0.05, 0) is 52.0 Å². The van der Waals surface area contributed by atoms with Gasteiger partial charge >= 0.3 is 0 Å². The zero-order valence-electron chi connectivity index (χ0n) is 12.9. The Labute approximate surface area is 121 Å². The number of sulfonamides is 1. The van der Waals surface area contributed by atoms with Crippen molar-refractivity contribution in [3.63, 3.8) is 0 Å². The molecule has 0 spiro atoms. The lowest BCUT2D eigenvalue weighted by molar-refractivity contribution is 0.0240. The third kappa shape index (κ3) is 3.50. The highest BCUT2D eigenvalue weighted by Crippen LogP contribution is 2.26. The highest BCUT2D eigenvalue weighted by atomic mass is 32.2. The minimum atomic E-state index is -3.41. The summed E-state index contributed by atoms with van der Waals surface area (Å²) in [6.07, 6.45) is 0. The molecule has 0 unspecified atom stereocenters. The van der Waals surface area contributed by atoms with Crippen molar-refractivity contribution in [1.82, 2.24) is 4.31 Å². The number of anilines is 1. The van der Waals surface area contributed by atoms with E-state index in [-0.39, 0.29) is 4.90 Å². The molecule has 0 heterocycles. The second-order valence-corrected chi connectivity index (χ2v) is 8.27. The standard InChI is InChI=1S/C14H24N2O3S/c1-13(2,14(3,4)17)15-11-7-9-12(10-8-11)20(18,19)16(5)6/h7-10,15,17H,1-6H3. The minimum absolute atomic E-state index is 0.245. The summed E-state index contributed by atoms with van der Waals surface area (Å²) in [6, 6.07) is 6.50. The van der Waals surface area contributed by atoms with Gasteiger partial charge < -0.3 is 10.4 Å². The maximum absolute atomic E-state index is 12.0. The largest absolute Gasteiger partial charge is 0.388 e. The van der Waals surface area contributed by atoms with Crippen molar-refractivity contribution in [3.8, 4) is 0 Å². The third-order valence-corrected chi connectivity index (χ3v) is 5.45. The molecule has 0 radical (unpaired) electrons. The van der Waals surface area contributed by atoms with E-state index in [0.717, 1.165) is 5.69 Å². The smallest absolute Gasteiger partial charge is 0.242 e. The molecule has 20 heavy (non-hydrogen) atoms. The van der Waals surface area contributed by atoms with Crippen molar-refractivity contribution in [3.05, 3.63) is 24.3 Å². The fourth-order valence-corrected chi connectivity index (χ4v) is 2.34. The average molecular weight is 300 g/mol. The number of hydrogen-bond donors (Lipinski definition) is 2. The van der Waals surface area contributed by atoms with Gasteiger partial charge in [0.05, 0.1) is 16.0 Å². The Hall–Kier alpha value is -1.11. The lowest BCUT2D eigenvalue weighted by Gasteiger charge is -2.38. The molecule has 1 rings (SSSR count). The van der Waals surface area contributed by atoms with Crippen molar-refractivity contribution in [2.45, 2.75) is 43.7 Å². The van der Waals surface area contributed by atoms with Gasteiger partial charge in [-0.15, -0.1) is 0 Å². The zero-order valence-corrected chi connectivity index (χ0v) is 13.7. The van der Waals surface area contributed by atoms with E-state index in [1.165, 1.54) is 18.4 Å². The molecule has 5 nitrogen and oxygen atoms in total. The van der Waals surface area contributed by atoms with Crippen LogP contribution in [0.2, 0.25) is 0 Å². The maximum Gasteiger partial charge on any atom is 0.242 e. The van der Waals surface area contributed by atoms with E-state index in [9.17, 15) is 13.5 Å². The van der Waals surface area contributed by atoms with Crippen molar-refractivity contribution < 1.29 is 13.5 Å². The summed E-state index contributed by atoms with van der Waals surface area (Å²) in [5.74, 6) is 0. The van der Waals surface area contributed by atoms with Crippen LogP contribution in [0.1, 0.15) is 27.7 Å². The highest BCUT2D eigenvalue weighted by Gasteiger charge is 2.34. The van der Waals surface area contributed by atoms with Crippen molar-refractivity contribution in [1.29, 1.82) is 0 Å². The van der Waals surface area contributed by atoms with Crippen molar-refractivity contribution >= 4 is 15.7 Å². The van der Waals surface area contributed by atoms with Crippen LogP contribution in [0.5, 0.6) is 0 Å². The Morgan fingerprint density at radius 3 is 1.85 bits per heavy atom. The molecule has 6 heteroatoms. The van der Waals surface area contributed by atoms with Gasteiger partial charge in [-0.1, -0.05) is 0 Å². The second-order valence-electron chi connectivity index (χ2n) is 6.12. The monoisotopic (exact) mass is 300 g/mol. The van der Waals surface area contributed by atoms with Crippen LogP contribution in [-0.4, -0.2) is 43.1 Å². The molecular weight excluding hydrogens is 276 g/mol. The molecule has 0 aliphatic carbocycles. The second kappa shape index (κ2) is 5.35. The molecule has 0 aliphatic rings. The first kappa shape index (κ1) is 16.9. The first-order valence-electron chi connectivity index (χ1n) is 6.41. The van der Waals surface area contributed by atoms with Crippen LogP contribution in [0.15, 0.2) is 29.2 Å². The van der Waals surface area contributed by atoms with Crippen LogP contribution < -0.4 is 5.32 Å². The van der Waals surface area contributed by atoms with Gasteiger partial charge in [0.2, 0.25) is 10.0 Å². The Kier molecular flexibility index (Phi) is 4.53. The molecule has 0 amide bonds. The molecule has 1 aromatic carbocycles. The quantitative estimate of drug-likeness (QED) is 0.871. The summed E-state index contributed by atoms with van der Waals surface area (Å²) in [4.78, 5) is 0.245. The van der Waals surface area contributed by atoms with Gasteiger partial charge in [-0.25, -0.2) is 12.7 Å². The summed E-state index contributed by atoms with van der Waals surface area (Å²) < 4.78 is 25.1. The summed E-state index contributed by atoms with van der Waals surface area (Å²) in [5, 5.41) is 13.3. The van der Waals surface area contributed by atoms with E-state index in [4.69, 9.17) is 0 Å². The molecule has 0 aromatic heterocycles. The molecule has 0 saturated carbocycles.